The molecular formula is C12H17NO3. The number of amides is 1. The van der Waals surface area contributed by atoms with Crippen molar-refractivity contribution in [1.29, 1.82) is 0 Å². The van der Waals surface area contributed by atoms with E-state index in [1.54, 1.807) is 11.8 Å². The number of hydrogen-bond donors (Lipinski definition) is 0. The van der Waals surface area contributed by atoms with Gasteiger partial charge in [0.15, 0.2) is 0 Å². The van der Waals surface area contributed by atoms with E-state index in [9.17, 15) is 9.59 Å². The van der Waals surface area contributed by atoms with Crippen molar-refractivity contribution in [2.45, 2.75) is 39.7 Å². The number of carbonyl (C=O) groups excluding carboxylic acids is 2. The molecule has 0 aromatic rings. The van der Waals surface area contributed by atoms with Crippen molar-refractivity contribution in [3.8, 4) is 0 Å². The van der Waals surface area contributed by atoms with Gasteiger partial charge >= 0.3 is 5.97 Å². The molecule has 0 aliphatic carbocycles. The third kappa shape index (κ3) is 1.36. The fraction of sp³-hybridized carbons (Fsp3) is 0.667. The summed E-state index contributed by atoms with van der Waals surface area (Å²) < 4.78 is 4.96. The lowest BCUT2D eigenvalue weighted by atomic mass is 9.77. The number of hydrogen-bond acceptors (Lipinski definition) is 3. The van der Waals surface area contributed by atoms with Crippen molar-refractivity contribution in [1.82, 2.24) is 4.90 Å². The smallest absolute Gasteiger partial charge is 0.354 e. The van der Waals surface area contributed by atoms with Gasteiger partial charge in [0.05, 0.1) is 12.6 Å². The molecule has 1 saturated heterocycles. The molecule has 0 aromatic carbocycles. The van der Waals surface area contributed by atoms with Gasteiger partial charge in [-0.15, -0.1) is 0 Å². The molecule has 0 N–H and O–H groups in total. The largest absolute Gasteiger partial charge is 0.461 e. The Morgan fingerprint density at radius 2 is 2.31 bits per heavy atom. The van der Waals surface area contributed by atoms with E-state index in [0.29, 0.717) is 18.7 Å². The van der Waals surface area contributed by atoms with Crippen LogP contribution in [0.15, 0.2) is 11.8 Å². The Labute approximate surface area is 95.2 Å². The van der Waals surface area contributed by atoms with Crippen LogP contribution in [0.3, 0.4) is 0 Å². The fourth-order valence-corrected chi connectivity index (χ4v) is 2.42. The van der Waals surface area contributed by atoms with Crippen LogP contribution in [0.2, 0.25) is 0 Å². The standard InChI is InChI=1S/C12H17NO3/c1-4-12(3)7-8(11(15)16-5-2)13-9(12)6-10(13)14/h7,9H,4-6H2,1-3H3/t9-,12?/m0/s1. The molecule has 0 spiro atoms. The summed E-state index contributed by atoms with van der Waals surface area (Å²) in [5.74, 6) is -0.348. The van der Waals surface area contributed by atoms with Crippen LogP contribution in [0, 0.1) is 5.41 Å². The van der Waals surface area contributed by atoms with E-state index in [2.05, 4.69) is 13.8 Å². The van der Waals surface area contributed by atoms with E-state index in [0.717, 1.165) is 6.42 Å². The summed E-state index contributed by atoms with van der Waals surface area (Å²) in [6.45, 7) is 6.27. The molecule has 2 heterocycles. The molecule has 2 aliphatic rings. The minimum absolute atomic E-state index is 0.0291. The second kappa shape index (κ2) is 3.61. The van der Waals surface area contributed by atoms with Gasteiger partial charge in [-0.05, 0) is 19.4 Å². The highest BCUT2D eigenvalue weighted by Gasteiger charge is 2.54. The number of nitrogens with zero attached hydrogens (tertiary/aromatic N) is 1. The first-order valence-corrected chi connectivity index (χ1v) is 5.75. The summed E-state index contributed by atoms with van der Waals surface area (Å²) in [5.41, 5.74) is 0.364. The summed E-state index contributed by atoms with van der Waals surface area (Å²) in [6.07, 6.45) is 3.37. The maximum atomic E-state index is 11.7. The van der Waals surface area contributed by atoms with Crippen LogP contribution in [0.5, 0.6) is 0 Å². The average molecular weight is 223 g/mol. The van der Waals surface area contributed by atoms with Crippen molar-refractivity contribution in [3.63, 3.8) is 0 Å². The maximum Gasteiger partial charge on any atom is 0.354 e. The molecule has 0 aromatic heterocycles. The van der Waals surface area contributed by atoms with Gasteiger partial charge in [-0.1, -0.05) is 13.8 Å². The van der Waals surface area contributed by atoms with Crippen LogP contribution >= 0.6 is 0 Å². The monoisotopic (exact) mass is 223 g/mol. The van der Waals surface area contributed by atoms with E-state index in [1.165, 1.54) is 0 Å². The summed E-state index contributed by atoms with van der Waals surface area (Å²) in [7, 11) is 0. The molecule has 2 atom stereocenters. The molecule has 4 heteroatoms. The fourth-order valence-electron chi connectivity index (χ4n) is 2.42. The Morgan fingerprint density at radius 1 is 1.62 bits per heavy atom. The Morgan fingerprint density at radius 3 is 2.81 bits per heavy atom. The van der Waals surface area contributed by atoms with Gasteiger partial charge in [0.1, 0.15) is 5.70 Å². The van der Waals surface area contributed by atoms with Crippen molar-refractivity contribution >= 4 is 11.9 Å². The zero-order valence-electron chi connectivity index (χ0n) is 9.95. The minimum Gasteiger partial charge on any atom is -0.461 e. The Balaban J connectivity index is 2.26. The number of β-lactam (4-membered cyclic amide) rings is 1. The molecule has 1 amide bonds. The quantitative estimate of drug-likeness (QED) is 0.537. The van der Waals surface area contributed by atoms with Crippen LogP contribution in [-0.4, -0.2) is 29.4 Å². The van der Waals surface area contributed by atoms with Crippen molar-refractivity contribution in [2.75, 3.05) is 6.61 Å². The lowest BCUT2D eigenvalue weighted by molar-refractivity contribution is -0.152. The van der Waals surface area contributed by atoms with Crippen molar-refractivity contribution < 1.29 is 14.3 Å². The number of fused-ring (bicyclic) bond motifs is 1. The molecule has 0 bridgehead atoms. The van der Waals surface area contributed by atoms with Crippen LogP contribution in [-0.2, 0) is 14.3 Å². The highest BCUT2D eigenvalue weighted by Crippen LogP contribution is 2.47. The SMILES string of the molecule is CCOC(=O)C1=CC(C)(CC)[C@@H]2CC(=O)N12. The zero-order valence-corrected chi connectivity index (χ0v) is 9.95. The lowest BCUT2D eigenvalue weighted by Gasteiger charge is -2.43. The number of carbonyl (C=O) groups is 2. The highest BCUT2D eigenvalue weighted by atomic mass is 16.5. The average Bonchev–Trinajstić information content (AvgIpc) is 2.48. The first-order chi connectivity index (χ1) is 7.53. The zero-order chi connectivity index (χ0) is 11.9. The van der Waals surface area contributed by atoms with Gasteiger partial charge in [0, 0.05) is 11.8 Å². The molecule has 2 aliphatic heterocycles. The van der Waals surface area contributed by atoms with E-state index >= 15 is 0 Å². The topological polar surface area (TPSA) is 46.6 Å². The molecule has 0 saturated carbocycles. The molecule has 88 valence electrons. The van der Waals surface area contributed by atoms with Gasteiger partial charge in [-0.2, -0.15) is 0 Å². The minimum atomic E-state index is -0.377. The van der Waals surface area contributed by atoms with Gasteiger partial charge in [-0.3, -0.25) is 4.79 Å². The van der Waals surface area contributed by atoms with E-state index in [1.807, 2.05) is 6.08 Å². The van der Waals surface area contributed by atoms with Gasteiger partial charge in [-0.25, -0.2) is 4.79 Å². The summed E-state index contributed by atoms with van der Waals surface area (Å²) in [4.78, 5) is 24.8. The number of rotatable bonds is 3. The van der Waals surface area contributed by atoms with Gasteiger partial charge in [0.2, 0.25) is 5.91 Å². The van der Waals surface area contributed by atoms with Gasteiger partial charge < -0.3 is 9.64 Å². The summed E-state index contributed by atoms with van der Waals surface area (Å²) >= 11 is 0. The van der Waals surface area contributed by atoms with Crippen molar-refractivity contribution in [3.05, 3.63) is 11.8 Å². The predicted octanol–water partition coefficient (Wildman–Crippen LogP) is 1.46. The van der Waals surface area contributed by atoms with E-state index in [4.69, 9.17) is 4.74 Å². The molecule has 2 rings (SSSR count). The molecular weight excluding hydrogens is 206 g/mol. The molecule has 0 radical (unpaired) electrons. The van der Waals surface area contributed by atoms with Crippen LogP contribution in [0.1, 0.15) is 33.6 Å². The number of esters is 1. The van der Waals surface area contributed by atoms with E-state index in [-0.39, 0.29) is 23.3 Å². The Hall–Kier alpha value is -1.32. The highest BCUT2D eigenvalue weighted by molar-refractivity contribution is 5.98. The molecule has 1 unspecified atom stereocenters. The predicted molar refractivity (Wildman–Crippen MR) is 58.4 cm³/mol. The first kappa shape index (κ1) is 11.2. The second-order valence-corrected chi connectivity index (χ2v) is 4.59. The summed E-state index contributed by atoms with van der Waals surface area (Å²) in [5, 5.41) is 0. The first-order valence-electron chi connectivity index (χ1n) is 5.75. The molecule has 1 fully saturated rings. The third-order valence-electron chi connectivity index (χ3n) is 3.68. The number of ether oxygens (including phenoxy) is 1. The van der Waals surface area contributed by atoms with Crippen molar-refractivity contribution in [2.24, 2.45) is 5.41 Å². The van der Waals surface area contributed by atoms with Crippen LogP contribution < -0.4 is 0 Å². The Kier molecular flexibility index (Phi) is 2.52. The van der Waals surface area contributed by atoms with Crippen LogP contribution in [0.25, 0.3) is 0 Å². The molecule has 16 heavy (non-hydrogen) atoms. The second-order valence-electron chi connectivity index (χ2n) is 4.59. The third-order valence-corrected chi connectivity index (χ3v) is 3.68. The molecule has 4 nitrogen and oxygen atoms in total. The maximum absolute atomic E-state index is 11.7. The summed E-state index contributed by atoms with van der Waals surface area (Å²) in [6, 6.07) is 0.157. The van der Waals surface area contributed by atoms with E-state index < -0.39 is 0 Å². The lowest BCUT2D eigenvalue weighted by Crippen LogP contribution is -2.55. The van der Waals surface area contributed by atoms with Crippen LogP contribution in [0.4, 0.5) is 0 Å². The Bertz CT molecular complexity index is 374. The normalized spacial score (nSPS) is 31.9. The van der Waals surface area contributed by atoms with Gasteiger partial charge in [0.25, 0.3) is 0 Å².